The Bertz CT molecular complexity index is 502. The zero-order valence-corrected chi connectivity index (χ0v) is 16.2. The molecule has 5 nitrogen and oxygen atoms in total. The van der Waals surface area contributed by atoms with Crippen molar-refractivity contribution >= 4 is 5.97 Å². The third-order valence-corrected chi connectivity index (χ3v) is 4.42. The maximum absolute atomic E-state index is 12.1. The first kappa shape index (κ1) is 21.1. The summed E-state index contributed by atoms with van der Waals surface area (Å²) in [4.78, 5) is 12.1. The summed E-state index contributed by atoms with van der Waals surface area (Å²) in [5, 5.41) is 0. The average Bonchev–Trinajstić information content (AvgIpc) is 2.65. The van der Waals surface area contributed by atoms with Gasteiger partial charge in [-0.05, 0) is 18.8 Å². The smallest absolute Gasteiger partial charge is 0.306 e. The van der Waals surface area contributed by atoms with Crippen LogP contribution in [0.5, 0.6) is 17.2 Å². The predicted octanol–water partition coefficient (Wildman–Crippen LogP) is 4.40. The Morgan fingerprint density at radius 3 is 2.16 bits per heavy atom. The lowest BCUT2D eigenvalue weighted by Gasteiger charge is -2.16. The number of rotatable bonds is 12. The molecule has 1 rings (SSSR count). The monoisotopic (exact) mass is 352 g/mol. The number of hydrogen-bond acceptors (Lipinski definition) is 5. The second kappa shape index (κ2) is 11.6. The standard InChI is InChI=1S/C20H32O5/c1-6-8-9-15(7-2)14-25-20(21)11-10-17-18(23-4)12-16(22-3)13-19(17)24-5/h12-13,15H,6-11,14H2,1-5H3. The van der Waals surface area contributed by atoms with E-state index in [4.69, 9.17) is 18.9 Å². The molecule has 0 heterocycles. The van der Waals surface area contributed by atoms with Crippen molar-refractivity contribution in [2.24, 2.45) is 5.92 Å². The zero-order valence-electron chi connectivity index (χ0n) is 16.2. The highest BCUT2D eigenvalue weighted by atomic mass is 16.5. The van der Waals surface area contributed by atoms with Gasteiger partial charge in [-0.25, -0.2) is 0 Å². The lowest BCUT2D eigenvalue weighted by atomic mass is 10.0. The fraction of sp³-hybridized carbons (Fsp3) is 0.650. The third kappa shape index (κ3) is 6.85. The van der Waals surface area contributed by atoms with Crippen LogP contribution in [0, 0.1) is 5.92 Å². The Labute approximate surface area is 151 Å². The van der Waals surface area contributed by atoms with E-state index in [0.29, 0.717) is 42.6 Å². The highest BCUT2D eigenvalue weighted by Crippen LogP contribution is 2.34. The van der Waals surface area contributed by atoms with Crippen molar-refractivity contribution in [2.45, 2.75) is 52.4 Å². The van der Waals surface area contributed by atoms with Crippen LogP contribution in [-0.4, -0.2) is 33.9 Å². The van der Waals surface area contributed by atoms with Crippen molar-refractivity contribution in [3.8, 4) is 17.2 Å². The van der Waals surface area contributed by atoms with Gasteiger partial charge in [0, 0.05) is 24.1 Å². The van der Waals surface area contributed by atoms with E-state index in [2.05, 4.69) is 13.8 Å². The molecule has 1 aromatic rings. The quantitative estimate of drug-likeness (QED) is 0.522. The topological polar surface area (TPSA) is 54.0 Å². The zero-order chi connectivity index (χ0) is 18.7. The number of esters is 1. The van der Waals surface area contributed by atoms with Crippen LogP contribution in [-0.2, 0) is 16.0 Å². The summed E-state index contributed by atoms with van der Waals surface area (Å²) >= 11 is 0. The number of hydrogen-bond donors (Lipinski definition) is 0. The third-order valence-electron chi connectivity index (χ3n) is 4.42. The van der Waals surface area contributed by atoms with E-state index >= 15 is 0 Å². The second-order valence-corrected chi connectivity index (χ2v) is 6.11. The molecule has 0 radical (unpaired) electrons. The minimum atomic E-state index is -0.185. The van der Waals surface area contributed by atoms with Crippen LogP contribution in [0.1, 0.15) is 51.5 Å². The summed E-state index contributed by atoms with van der Waals surface area (Å²) in [7, 11) is 4.78. The van der Waals surface area contributed by atoms with Crippen LogP contribution in [0.3, 0.4) is 0 Å². The lowest BCUT2D eigenvalue weighted by molar-refractivity contribution is -0.145. The van der Waals surface area contributed by atoms with Gasteiger partial charge in [-0.2, -0.15) is 0 Å². The van der Waals surface area contributed by atoms with Gasteiger partial charge < -0.3 is 18.9 Å². The molecule has 142 valence electrons. The van der Waals surface area contributed by atoms with Gasteiger partial charge in [-0.1, -0.05) is 33.1 Å². The lowest BCUT2D eigenvalue weighted by Crippen LogP contribution is -2.14. The minimum Gasteiger partial charge on any atom is -0.496 e. The van der Waals surface area contributed by atoms with Gasteiger partial charge in [0.2, 0.25) is 0 Å². The van der Waals surface area contributed by atoms with Gasteiger partial charge in [0.1, 0.15) is 17.2 Å². The van der Waals surface area contributed by atoms with Crippen molar-refractivity contribution in [2.75, 3.05) is 27.9 Å². The molecule has 0 amide bonds. The van der Waals surface area contributed by atoms with Crippen molar-refractivity contribution in [3.05, 3.63) is 17.7 Å². The Morgan fingerprint density at radius 1 is 1.04 bits per heavy atom. The number of methoxy groups -OCH3 is 3. The number of benzene rings is 1. The molecule has 0 N–H and O–H groups in total. The SMILES string of the molecule is CCCCC(CC)COC(=O)CCc1c(OC)cc(OC)cc1OC. The maximum Gasteiger partial charge on any atom is 0.306 e. The summed E-state index contributed by atoms with van der Waals surface area (Å²) in [6.45, 7) is 4.82. The van der Waals surface area contributed by atoms with Crippen LogP contribution in [0.2, 0.25) is 0 Å². The molecule has 25 heavy (non-hydrogen) atoms. The molecule has 0 saturated heterocycles. The molecule has 1 aromatic carbocycles. The molecule has 0 saturated carbocycles. The Morgan fingerprint density at radius 2 is 1.68 bits per heavy atom. The molecule has 5 heteroatoms. The van der Waals surface area contributed by atoms with Gasteiger partial charge in [0.05, 0.1) is 27.9 Å². The predicted molar refractivity (Wildman–Crippen MR) is 98.7 cm³/mol. The van der Waals surface area contributed by atoms with E-state index < -0.39 is 0 Å². The number of carbonyl (C=O) groups excluding carboxylic acids is 1. The second-order valence-electron chi connectivity index (χ2n) is 6.11. The summed E-state index contributed by atoms with van der Waals surface area (Å²) in [6.07, 6.45) is 5.29. The van der Waals surface area contributed by atoms with E-state index in [9.17, 15) is 4.79 Å². The average molecular weight is 352 g/mol. The molecule has 0 bridgehead atoms. The summed E-state index contributed by atoms with van der Waals surface area (Å²) in [5.74, 6) is 2.22. The molecular formula is C20H32O5. The van der Waals surface area contributed by atoms with Gasteiger partial charge in [-0.15, -0.1) is 0 Å². The van der Waals surface area contributed by atoms with Gasteiger partial charge in [0.25, 0.3) is 0 Å². The van der Waals surface area contributed by atoms with Crippen LogP contribution in [0.25, 0.3) is 0 Å². The van der Waals surface area contributed by atoms with E-state index in [1.807, 2.05) is 0 Å². The van der Waals surface area contributed by atoms with Crippen molar-refractivity contribution in [3.63, 3.8) is 0 Å². The summed E-state index contributed by atoms with van der Waals surface area (Å²) < 4.78 is 21.5. The first-order valence-electron chi connectivity index (χ1n) is 9.03. The first-order valence-corrected chi connectivity index (χ1v) is 9.03. The van der Waals surface area contributed by atoms with Crippen molar-refractivity contribution in [1.29, 1.82) is 0 Å². The van der Waals surface area contributed by atoms with Crippen molar-refractivity contribution in [1.82, 2.24) is 0 Å². The van der Waals surface area contributed by atoms with Crippen LogP contribution in [0.4, 0.5) is 0 Å². The normalized spacial score (nSPS) is 11.7. The summed E-state index contributed by atoms with van der Waals surface area (Å²) in [6, 6.07) is 3.59. The Kier molecular flexibility index (Phi) is 9.81. The minimum absolute atomic E-state index is 0.185. The van der Waals surface area contributed by atoms with Crippen LogP contribution >= 0.6 is 0 Å². The van der Waals surface area contributed by atoms with E-state index in [-0.39, 0.29) is 5.97 Å². The molecular weight excluding hydrogens is 320 g/mol. The van der Waals surface area contributed by atoms with Crippen LogP contribution in [0.15, 0.2) is 12.1 Å². The van der Waals surface area contributed by atoms with Gasteiger partial charge in [-0.3, -0.25) is 4.79 Å². The molecule has 0 aromatic heterocycles. The maximum atomic E-state index is 12.1. The molecule has 1 atom stereocenters. The fourth-order valence-electron chi connectivity index (χ4n) is 2.73. The highest BCUT2D eigenvalue weighted by molar-refractivity contribution is 5.70. The van der Waals surface area contributed by atoms with Gasteiger partial charge in [0.15, 0.2) is 0 Å². The van der Waals surface area contributed by atoms with Gasteiger partial charge >= 0.3 is 5.97 Å². The Balaban J connectivity index is 2.63. The molecule has 0 fully saturated rings. The Hall–Kier alpha value is -1.91. The number of carbonyl (C=O) groups is 1. The fourth-order valence-corrected chi connectivity index (χ4v) is 2.73. The molecule has 0 aliphatic carbocycles. The molecule has 1 unspecified atom stereocenters. The van der Waals surface area contributed by atoms with Crippen LogP contribution < -0.4 is 14.2 Å². The molecule has 0 spiro atoms. The molecule has 0 aliphatic rings. The highest BCUT2D eigenvalue weighted by Gasteiger charge is 2.16. The number of ether oxygens (including phenoxy) is 4. The van der Waals surface area contributed by atoms with Crippen molar-refractivity contribution < 1.29 is 23.7 Å². The van der Waals surface area contributed by atoms with E-state index in [1.54, 1.807) is 33.5 Å². The van der Waals surface area contributed by atoms with E-state index in [0.717, 1.165) is 18.4 Å². The molecule has 0 aliphatic heterocycles. The largest absolute Gasteiger partial charge is 0.496 e. The number of unbranched alkanes of at least 4 members (excludes halogenated alkanes) is 1. The first-order chi connectivity index (χ1) is 12.1. The van der Waals surface area contributed by atoms with E-state index in [1.165, 1.54) is 12.8 Å². The summed E-state index contributed by atoms with van der Waals surface area (Å²) in [5.41, 5.74) is 0.848.